The number of hydrogen-bond acceptors (Lipinski definition) is 6. The van der Waals surface area contributed by atoms with E-state index < -0.39 is 0 Å². The number of aromatic nitrogens is 4. The maximum absolute atomic E-state index is 4.48. The lowest BCUT2D eigenvalue weighted by molar-refractivity contribution is 0.0860. The monoisotopic (exact) mass is 301 g/mol. The Morgan fingerprint density at radius 2 is 1.91 bits per heavy atom. The zero-order valence-corrected chi connectivity index (χ0v) is 13.3. The summed E-state index contributed by atoms with van der Waals surface area (Å²) in [6.07, 6.45) is 3.52. The van der Waals surface area contributed by atoms with Crippen molar-refractivity contribution < 1.29 is 0 Å². The average molecular weight is 301 g/mol. The minimum absolute atomic E-state index is 0.667. The summed E-state index contributed by atoms with van der Waals surface area (Å²) in [4.78, 5) is 16.3. The first-order chi connectivity index (χ1) is 10.8. The molecule has 0 radical (unpaired) electrons. The smallest absolute Gasteiger partial charge is 0.163 e. The predicted octanol–water partition coefficient (Wildman–Crippen LogP) is 0.189. The lowest BCUT2D eigenvalue weighted by Crippen LogP contribution is -2.63. The second-order valence-electron chi connectivity index (χ2n) is 6.23. The van der Waals surface area contributed by atoms with Crippen molar-refractivity contribution in [2.75, 3.05) is 50.7 Å². The first-order valence-corrected chi connectivity index (χ1v) is 8.10. The molecule has 4 heterocycles. The minimum Gasteiger partial charge on any atom is -0.353 e. The van der Waals surface area contributed by atoms with Gasteiger partial charge in [-0.2, -0.15) is 5.10 Å². The Morgan fingerprint density at radius 3 is 2.64 bits per heavy atom. The topological polar surface area (TPSA) is 53.3 Å². The molecule has 0 bridgehead atoms. The van der Waals surface area contributed by atoms with Crippen molar-refractivity contribution in [2.45, 2.75) is 13.0 Å². The first kappa shape index (κ1) is 13.9. The van der Waals surface area contributed by atoms with Crippen molar-refractivity contribution >= 4 is 16.9 Å². The summed E-state index contributed by atoms with van der Waals surface area (Å²) in [5.74, 6) is 1.03. The second kappa shape index (κ2) is 5.48. The van der Waals surface area contributed by atoms with E-state index >= 15 is 0 Å². The molecule has 2 aromatic rings. The quantitative estimate of drug-likeness (QED) is 0.807. The zero-order chi connectivity index (χ0) is 15.1. The highest BCUT2D eigenvalue weighted by Gasteiger charge is 2.34. The van der Waals surface area contributed by atoms with Gasteiger partial charge in [-0.15, -0.1) is 0 Å². The van der Waals surface area contributed by atoms with Gasteiger partial charge >= 0.3 is 0 Å². The van der Waals surface area contributed by atoms with Crippen molar-refractivity contribution in [3.8, 4) is 0 Å². The molecule has 22 heavy (non-hydrogen) atoms. The standard InChI is InChI=1S/C15H23N7/c1-3-20-4-6-21(7-5-20)12-9-22(10-12)15-13-8-18-19(2)14(13)16-11-17-15/h8,11-12H,3-7,9-10H2,1-2H3. The van der Waals surface area contributed by atoms with E-state index in [0.29, 0.717) is 6.04 Å². The Morgan fingerprint density at radius 1 is 1.14 bits per heavy atom. The van der Waals surface area contributed by atoms with E-state index in [9.17, 15) is 0 Å². The van der Waals surface area contributed by atoms with Crippen LogP contribution in [0.25, 0.3) is 11.0 Å². The van der Waals surface area contributed by atoms with E-state index in [4.69, 9.17) is 0 Å². The SMILES string of the molecule is CCN1CCN(C2CN(c3ncnc4c3cnn4C)C2)CC1. The summed E-state index contributed by atoms with van der Waals surface area (Å²) in [5, 5.41) is 5.35. The molecule has 7 heteroatoms. The van der Waals surface area contributed by atoms with E-state index in [1.165, 1.54) is 32.7 Å². The summed E-state index contributed by atoms with van der Waals surface area (Å²) in [6.45, 7) is 10.3. The van der Waals surface area contributed by atoms with E-state index in [1.807, 2.05) is 17.9 Å². The molecular formula is C15H23N7. The molecule has 2 aliphatic rings. The molecule has 0 spiro atoms. The van der Waals surface area contributed by atoms with Crippen molar-refractivity contribution in [3.63, 3.8) is 0 Å². The van der Waals surface area contributed by atoms with E-state index in [0.717, 1.165) is 29.9 Å². The molecule has 2 aromatic heterocycles. The molecule has 0 aliphatic carbocycles. The number of piperazine rings is 1. The summed E-state index contributed by atoms with van der Waals surface area (Å²) >= 11 is 0. The van der Waals surface area contributed by atoms with E-state index in [1.54, 1.807) is 6.33 Å². The lowest BCUT2D eigenvalue weighted by atomic mass is 10.1. The largest absolute Gasteiger partial charge is 0.353 e. The van der Waals surface area contributed by atoms with Crippen LogP contribution in [0.2, 0.25) is 0 Å². The van der Waals surface area contributed by atoms with Gasteiger partial charge < -0.3 is 9.80 Å². The van der Waals surface area contributed by atoms with Gasteiger partial charge in [0.1, 0.15) is 12.1 Å². The Hall–Kier alpha value is -1.73. The first-order valence-electron chi connectivity index (χ1n) is 8.10. The maximum atomic E-state index is 4.48. The lowest BCUT2D eigenvalue weighted by Gasteiger charge is -2.48. The van der Waals surface area contributed by atoms with Gasteiger partial charge in [0.15, 0.2) is 5.65 Å². The molecule has 0 N–H and O–H groups in total. The highest BCUT2D eigenvalue weighted by molar-refractivity contribution is 5.87. The summed E-state index contributed by atoms with van der Waals surface area (Å²) < 4.78 is 1.81. The fourth-order valence-electron chi connectivity index (χ4n) is 3.51. The van der Waals surface area contributed by atoms with Crippen molar-refractivity contribution in [1.29, 1.82) is 0 Å². The van der Waals surface area contributed by atoms with Crippen LogP contribution in [0.15, 0.2) is 12.5 Å². The maximum Gasteiger partial charge on any atom is 0.163 e. The second-order valence-corrected chi connectivity index (χ2v) is 6.23. The number of aryl methyl sites for hydroxylation is 1. The fourth-order valence-corrected chi connectivity index (χ4v) is 3.51. The van der Waals surface area contributed by atoms with E-state index in [-0.39, 0.29) is 0 Å². The molecule has 0 saturated carbocycles. The molecule has 7 nitrogen and oxygen atoms in total. The van der Waals surface area contributed by atoms with Crippen LogP contribution < -0.4 is 4.90 Å². The normalized spacial score (nSPS) is 21.5. The van der Waals surface area contributed by atoms with Crippen LogP contribution in [0.5, 0.6) is 0 Å². The van der Waals surface area contributed by atoms with Crippen LogP contribution in [0.3, 0.4) is 0 Å². The molecule has 0 aromatic carbocycles. The number of likely N-dealkylation sites (N-methyl/N-ethyl adjacent to an activating group) is 1. The van der Waals surface area contributed by atoms with Gasteiger partial charge in [-0.05, 0) is 6.54 Å². The molecule has 2 aliphatic heterocycles. The van der Waals surface area contributed by atoms with Gasteiger partial charge in [0.25, 0.3) is 0 Å². The Labute approximate surface area is 130 Å². The van der Waals surface area contributed by atoms with Crippen LogP contribution in [0.1, 0.15) is 6.92 Å². The van der Waals surface area contributed by atoms with E-state index in [2.05, 4.69) is 36.7 Å². The molecule has 2 fully saturated rings. The molecule has 0 atom stereocenters. The van der Waals surface area contributed by atoms with Gasteiger partial charge in [0.2, 0.25) is 0 Å². The van der Waals surface area contributed by atoms with Crippen molar-refractivity contribution in [2.24, 2.45) is 7.05 Å². The highest BCUT2D eigenvalue weighted by atomic mass is 15.4. The van der Waals surface area contributed by atoms with Crippen LogP contribution in [0, 0.1) is 0 Å². The Bertz CT molecular complexity index is 653. The average Bonchev–Trinajstić information content (AvgIpc) is 2.89. The third kappa shape index (κ3) is 2.24. The highest BCUT2D eigenvalue weighted by Crippen LogP contribution is 2.28. The van der Waals surface area contributed by atoms with Gasteiger partial charge in [-0.25, -0.2) is 9.97 Å². The number of hydrogen-bond donors (Lipinski definition) is 0. The third-order valence-corrected chi connectivity index (χ3v) is 5.04. The number of anilines is 1. The molecular weight excluding hydrogens is 278 g/mol. The summed E-state index contributed by atoms with van der Waals surface area (Å²) in [5.41, 5.74) is 0.907. The fraction of sp³-hybridized carbons (Fsp3) is 0.667. The predicted molar refractivity (Wildman–Crippen MR) is 86.0 cm³/mol. The summed E-state index contributed by atoms with van der Waals surface area (Å²) in [7, 11) is 1.92. The van der Waals surface area contributed by atoms with Crippen LogP contribution in [0.4, 0.5) is 5.82 Å². The molecule has 2 saturated heterocycles. The third-order valence-electron chi connectivity index (χ3n) is 5.04. The molecule has 4 rings (SSSR count). The molecule has 0 amide bonds. The summed E-state index contributed by atoms with van der Waals surface area (Å²) in [6, 6.07) is 0.667. The van der Waals surface area contributed by atoms with Gasteiger partial charge in [-0.1, -0.05) is 6.92 Å². The zero-order valence-electron chi connectivity index (χ0n) is 13.3. The van der Waals surface area contributed by atoms with Gasteiger partial charge in [0, 0.05) is 52.4 Å². The number of fused-ring (bicyclic) bond motifs is 1. The van der Waals surface area contributed by atoms with Crippen molar-refractivity contribution in [1.82, 2.24) is 29.5 Å². The molecule has 118 valence electrons. The van der Waals surface area contributed by atoms with Crippen LogP contribution in [-0.2, 0) is 7.05 Å². The Balaban J connectivity index is 1.42. The van der Waals surface area contributed by atoms with Crippen LogP contribution >= 0.6 is 0 Å². The number of nitrogens with zero attached hydrogens (tertiary/aromatic N) is 7. The number of rotatable bonds is 3. The van der Waals surface area contributed by atoms with Gasteiger partial charge in [0.05, 0.1) is 11.6 Å². The van der Waals surface area contributed by atoms with Crippen molar-refractivity contribution in [3.05, 3.63) is 12.5 Å². The molecule has 0 unspecified atom stereocenters. The van der Waals surface area contributed by atoms with Gasteiger partial charge in [-0.3, -0.25) is 9.58 Å². The Kier molecular flexibility index (Phi) is 3.46. The van der Waals surface area contributed by atoms with Crippen LogP contribution in [-0.4, -0.2) is 81.4 Å². The minimum atomic E-state index is 0.667.